The number of hydrogen-bond acceptors (Lipinski definition) is 2. The zero-order valence-corrected chi connectivity index (χ0v) is 13.6. The number of thioether (sulfide) groups is 1. The lowest BCUT2D eigenvalue weighted by atomic mass is 10.1. The normalized spacial score (nSPS) is 10.3. The summed E-state index contributed by atoms with van der Waals surface area (Å²) in [5.41, 5.74) is 2.36. The molecule has 0 bridgehead atoms. The first kappa shape index (κ1) is 15.1. The molecule has 0 aliphatic carbocycles. The molecule has 0 aliphatic rings. The molecule has 0 heterocycles. The number of nitrogens with one attached hydrogen (secondary N) is 1. The number of halogens is 1. The Balaban J connectivity index is 1.78. The van der Waals surface area contributed by atoms with E-state index in [0.717, 1.165) is 14.9 Å². The van der Waals surface area contributed by atoms with Gasteiger partial charge in [0.1, 0.15) is 0 Å². The summed E-state index contributed by atoms with van der Waals surface area (Å²) in [4.78, 5) is 12.9. The van der Waals surface area contributed by atoms with Crippen molar-refractivity contribution in [2.24, 2.45) is 0 Å². The van der Waals surface area contributed by atoms with E-state index in [1.54, 1.807) is 11.8 Å². The highest BCUT2D eigenvalue weighted by Crippen LogP contribution is 2.20. The minimum atomic E-state index is 0.0566. The Bertz CT molecular complexity index is 583. The van der Waals surface area contributed by atoms with Gasteiger partial charge in [-0.25, -0.2) is 0 Å². The van der Waals surface area contributed by atoms with Crippen LogP contribution in [0.2, 0.25) is 0 Å². The van der Waals surface area contributed by atoms with Crippen LogP contribution in [-0.4, -0.2) is 11.7 Å². The van der Waals surface area contributed by atoms with Gasteiger partial charge in [-0.15, -0.1) is 11.8 Å². The van der Waals surface area contributed by atoms with Crippen LogP contribution in [0.5, 0.6) is 0 Å². The second-order valence-electron chi connectivity index (χ2n) is 4.45. The number of aryl methyl sites for hydroxylation is 1. The van der Waals surface area contributed by atoms with Crippen molar-refractivity contribution in [1.29, 1.82) is 0 Å². The summed E-state index contributed by atoms with van der Waals surface area (Å²) < 4.78 is 1.05. The average Bonchev–Trinajstić information content (AvgIpc) is 2.46. The largest absolute Gasteiger partial charge is 0.351 e. The summed E-state index contributed by atoms with van der Waals surface area (Å²) in [5, 5.41) is 2.95. The Labute approximate surface area is 132 Å². The van der Waals surface area contributed by atoms with Crippen LogP contribution in [0.3, 0.4) is 0 Å². The maximum Gasteiger partial charge on any atom is 0.230 e. The highest BCUT2D eigenvalue weighted by molar-refractivity contribution is 9.10. The van der Waals surface area contributed by atoms with Gasteiger partial charge < -0.3 is 5.32 Å². The van der Waals surface area contributed by atoms with Crippen molar-refractivity contribution in [3.05, 3.63) is 64.1 Å². The minimum Gasteiger partial charge on any atom is -0.351 e. The molecule has 20 heavy (non-hydrogen) atoms. The Morgan fingerprint density at radius 3 is 2.55 bits per heavy atom. The predicted molar refractivity (Wildman–Crippen MR) is 87.9 cm³/mol. The van der Waals surface area contributed by atoms with E-state index in [4.69, 9.17) is 0 Å². The molecule has 0 saturated heterocycles. The maximum absolute atomic E-state index is 11.8. The molecular weight excluding hydrogens is 334 g/mol. The quantitative estimate of drug-likeness (QED) is 0.821. The fourth-order valence-corrected chi connectivity index (χ4v) is 2.73. The fraction of sp³-hybridized carbons (Fsp3) is 0.188. The Kier molecular flexibility index (Phi) is 5.68. The average molecular weight is 350 g/mol. The number of benzene rings is 2. The second kappa shape index (κ2) is 7.50. The van der Waals surface area contributed by atoms with Crippen molar-refractivity contribution in [2.75, 3.05) is 5.75 Å². The summed E-state index contributed by atoms with van der Waals surface area (Å²) >= 11 is 4.94. The molecule has 0 atom stereocenters. The molecule has 0 fully saturated rings. The van der Waals surface area contributed by atoms with Gasteiger partial charge in [-0.3, -0.25) is 4.79 Å². The third-order valence-corrected chi connectivity index (χ3v) is 4.46. The van der Waals surface area contributed by atoms with E-state index in [-0.39, 0.29) is 5.91 Å². The van der Waals surface area contributed by atoms with Gasteiger partial charge in [0.25, 0.3) is 0 Å². The predicted octanol–water partition coefficient (Wildman–Crippen LogP) is 4.17. The monoisotopic (exact) mass is 349 g/mol. The van der Waals surface area contributed by atoms with Gasteiger partial charge in [0.15, 0.2) is 0 Å². The molecule has 104 valence electrons. The summed E-state index contributed by atoms with van der Waals surface area (Å²) in [5.74, 6) is 0.495. The topological polar surface area (TPSA) is 29.1 Å². The van der Waals surface area contributed by atoms with Crippen molar-refractivity contribution in [1.82, 2.24) is 5.32 Å². The molecule has 0 aliphatic heterocycles. The first-order valence-corrected chi connectivity index (χ1v) is 8.12. The molecule has 0 saturated carbocycles. The van der Waals surface area contributed by atoms with E-state index in [2.05, 4.69) is 34.2 Å². The first-order chi connectivity index (χ1) is 9.65. The third kappa shape index (κ3) is 4.69. The molecule has 1 amide bonds. The summed E-state index contributed by atoms with van der Waals surface area (Å²) in [6.07, 6.45) is 0. The van der Waals surface area contributed by atoms with Crippen molar-refractivity contribution in [3.8, 4) is 0 Å². The minimum absolute atomic E-state index is 0.0566. The van der Waals surface area contributed by atoms with Crippen molar-refractivity contribution < 1.29 is 4.79 Å². The van der Waals surface area contributed by atoms with Gasteiger partial charge in [-0.2, -0.15) is 0 Å². The lowest BCUT2D eigenvalue weighted by molar-refractivity contribution is -0.118. The van der Waals surface area contributed by atoms with Gasteiger partial charge in [0.2, 0.25) is 5.91 Å². The molecule has 0 aromatic heterocycles. The molecule has 2 nitrogen and oxygen atoms in total. The molecule has 0 spiro atoms. The van der Waals surface area contributed by atoms with E-state index >= 15 is 0 Å². The third-order valence-electron chi connectivity index (χ3n) is 2.92. The van der Waals surface area contributed by atoms with Crippen LogP contribution in [0, 0.1) is 6.92 Å². The van der Waals surface area contributed by atoms with E-state index in [9.17, 15) is 4.79 Å². The number of rotatable bonds is 5. The van der Waals surface area contributed by atoms with Gasteiger partial charge in [-0.1, -0.05) is 40.2 Å². The molecule has 2 aromatic rings. The van der Waals surface area contributed by atoms with E-state index in [1.165, 1.54) is 5.56 Å². The van der Waals surface area contributed by atoms with Crippen LogP contribution in [-0.2, 0) is 11.3 Å². The van der Waals surface area contributed by atoms with Gasteiger partial charge in [0, 0.05) is 15.9 Å². The van der Waals surface area contributed by atoms with Crippen molar-refractivity contribution in [2.45, 2.75) is 18.4 Å². The lowest BCUT2D eigenvalue weighted by Gasteiger charge is -2.07. The number of hydrogen-bond donors (Lipinski definition) is 1. The summed E-state index contributed by atoms with van der Waals surface area (Å²) in [7, 11) is 0. The van der Waals surface area contributed by atoms with Crippen LogP contribution in [0.1, 0.15) is 11.1 Å². The second-order valence-corrected chi connectivity index (χ2v) is 6.41. The molecular formula is C16H16BrNOS. The highest BCUT2D eigenvalue weighted by atomic mass is 79.9. The van der Waals surface area contributed by atoms with Crippen LogP contribution < -0.4 is 5.32 Å². The summed E-state index contributed by atoms with van der Waals surface area (Å²) in [6.45, 7) is 2.64. The van der Waals surface area contributed by atoms with E-state index < -0.39 is 0 Å². The Hall–Kier alpha value is -1.26. The maximum atomic E-state index is 11.8. The van der Waals surface area contributed by atoms with Crippen LogP contribution in [0.15, 0.2) is 57.9 Å². The van der Waals surface area contributed by atoms with Gasteiger partial charge in [-0.05, 0) is 42.3 Å². The standard InChI is InChI=1S/C16H16BrNOS/c1-12-4-2-3-5-13(12)10-18-16(19)11-20-15-8-6-14(17)7-9-15/h2-9H,10-11H2,1H3,(H,18,19). The Morgan fingerprint density at radius 2 is 1.85 bits per heavy atom. The lowest BCUT2D eigenvalue weighted by Crippen LogP contribution is -2.24. The zero-order chi connectivity index (χ0) is 14.4. The zero-order valence-electron chi connectivity index (χ0n) is 11.2. The van der Waals surface area contributed by atoms with Gasteiger partial charge >= 0.3 is 0 Å². The van der Waals surface area contributed by atoms with Crippen molar-refractivity contribution >= 4 is 33.6 Å². The smallest absolute Gasteiger partial charge is 0.230 e. The molecule has 4 heteroatoms. The van der Waals surface area contributed by atoms with Crippen LogP contribution in [0.25, 0.3) is 0 Å². The van der Waals surface area contributed by atoms with E-state index in [0.29, 0.717) is 12.3 Å². The highest BCUT2D eigenvalue weighted by Gasteiger charge is 2.04. The molecule has 0 radical (unpaired) electrons. The Morgan fingerprint density at radius 1 is 1.15 bits per heavy atom. The molecule has 1 N–H and O–H groups in total. The number of carbonyl (C=O) groups excluding carboxylic acids is 1. The first-order valence-electron chi connectivity index (χ1n) is 6.35. The van der Waals surface area contributed by atoms with Crippen LogP contribution in [0.4, 0.5) is 0 Å². The number of carbonyl (C=O) groups is 1. The van der Waals surface area contributed by atoms with Gasteiger partial charge in [0.05, 0.1) is 5.75 Å². The van der Waals surface area contributed by atoms with Crippen molar-refractivity contribution in [3.63, 3.8) is 0 Å². The van der Waals surface area contributed by atoms with E-state index in [1.807, 2.05) is 42.5 Å². The molecule has 2 aromatic carbocycles. The molecule has 0 unspecified atom stereocenters. The molecule has 2 rings (SSSR count). The number of amides is 1. The SMILES string of the molecule is Cc1ccccc1CNC(=O)CSc1ccc(Br)cc1. The fourth-order valence-electron chi connectivity index (χ4n) is 1.73. The summed E-state index contributed by atoms with van der Waals surface area (Å²) in [6, 6.07) is 16.1. The van der Waals surface area contributed by atoms with Crippen LogP contribution >= 0.6 is 27.7 Å².